The monoisotopic (exact) mass is 206 g/mol. The fraction of sp³-hybridized carbons (Fsp3) is 0.462. The van der Waals surface area contributed by atoms with Crippen LogP contribution in [0.4, 0.5) is 0 Å². The molecular formula is C13H18O2. The zero-order valence-electron chi connectivity index (χ0n) is 9.31. The Hall–Kier alpha value is -1.15. The number of hydrogen-bond acceptors (Lipinski definition) is 2. The van der Waals surface area contributed by atoms with E-state index in [9.17, 15) is 9.90 Å². The first-order valence-electron chi connectivity index (χ1n) is 5.34. The molecule has 1 aromatic rings. The van der Waals surface area contributed by atoms with Gasteiger partial charge in [-0.3, -0.25) is 0 Å². The molecule has 0 fully saturated rings. The van der Waals surface area contributed by atoms with Crippen molar-refractivity contribution in [1.82, 2.24) is 0 Å². The van der Waals surface area contributed by atoms with Crippen molar-refractivity contribution in [2.45, 2.75) is 32.8 Å². The number of rotatable bonds is 5. The van der Waals surface area contributed by atoms with Crippen LogP contribution in [0.2, 0.25) is 0 Å². The average Bonchev–Trinajstić information content (AvgIpc) is 2.18. The highest BCUT2D eigenvalue weighted by atomic mass is 16.3. The Morgan fingerprint density at radius 3 is 2.33 bits per heavy atom. The largest absolute Gasteiger partial charge is 0.388 e. The molecule has 0 heterocycles. The highest BCUT2D eigenvalue weighted by Crippen LogP contribution is 2.17. The Labute approximate surface area is 90.9 Å². The van der Waals surface area contributed by atoms with Gasteiger partial charge in [-0.1, -0.05) is 38.1 Å². The van der Waals surface area contributed by atoms with Crippen molar-refractivity contribution in [1.29, 1.82) is 0 Å². The molecule has 0 amide bonds. The lowest BCUT2D eigenvalue weighted by molar-refractivity contribution is -0.109. The third-order valence-corrected chi connectivity index (χ3v) is 2.33. The summed E-state index contributed by atoms with van der Waals surface area (Å²) in [7, 11) is 0. The van der Waals surface area contributed by atoms with E-state index >= 15 is 0 Å². The summed E-state index contributed by atoms with van der Waals surface area (Å²) in [5, 5.41) is 9.56. The molecule has 1 unspecified atom stereocenters. The van der Waals surface area contributed by atoms with Gasteiger partial charge in [-0.2, -0.15) is 0 Å². The van der Waals surface area contributed by atoms with Gasteiger partial charge in [-0.25, -0.2) is 0 Å². The smallest absolute Gasteiger partial charge is 0.122 e. The number of carbonyl (C=O) groups excluding carboxylic acids is 1. The molecule has 1 atom stereocenters. The van der Waals surface area contributed by atoms with Gasteiger partial charge in [0, 0.05) is 6.42 Å². The predicted octanol–water partition coefficient (Wildman–Crippen LogP) is 2.51. The molecular weight excluding hydrogens is 188 g/mol. The van der Waals surface area contributed by atoms with Gasteiger partial charge in [0.15, 0.2) is 0 Å². The predicted molar refractivity (Wildman–Crippen MR) is 60.6 cm³/mol. The second-order valence-electron chi connectivity index (χ2n) is 4.26. The standard InChI is InChI=1S/C13H18O2/c1-10(2)9-11-3-5-12(6-4-11)13(15)7-8-14/h3-6,8,10,13,15H,7,9H2,1-2H3. The number of carbonyl (C=O) groups is 1. The lowest BCUT2D eigenvalue weighted by Gasteiger charge is -2.09. The molecule has 1 rings (SSSR count). The second kappa shape index (κ2) is 5.66. The minimum Gasteiger partial charge on any atom is -0.388 e. The van der Waals surface area contributed by atoms with Gasteiger partial charge in [0.1, 0.15) is 6.29 Å². The lowest BCUT2D eigenvalue weighted by atomic mass is 9.99. The third-order valence-electron chi connectivity index (χ3n) is 2.33. The van der Waals surface area contributed by atoms with Crippen LogP contribution in [0.5, 0.6) is 0 Å². The van der Waals surface area contributed by atoms with Gasteiger partial charge in [-0.15, -0.1) is 0 Å². The molecule has 0 spiro atoms. The maximum Gasteiger partial charge on any atom is 0.122 e. The highest BCUT2D eigenvalue weighted by molar-refractivity contribution is 5.51. The molecule has 82 valence electrons. The molecule has 1 aromatic carbocycles. The minimum atomic E-state index is -0.657. The van der Waals surface area contributed by atoms with Crippen LogP contribution in [0.3, 0.4) is 0 Å². The molecule has 0 saturated heterocycles. The minimum absolute atomic E-state index is 0.170. The number of hydrogen-bond donors (Lipinski definition) is 1. The van der Waals surface area contributed by atoms with E-state index < -0.39 is 6.10 Å². The Morgan fingerprint density at radius 2 is 1.87 bits per heavy atom. The fourth-order valence-electron chi connectivity index (χ4n) is 1.57. The molecule has 2 nitrogen and oxygen atoms in total. The summed E-state index contributed by atoms with van der Waals surface area (Å²) in [6.07, 6.45) is 1.30. The summed E-state index contributed by atoms with van der Waals surface area (Å²) in [6, 6.07) is 7.82. The lowest BCUT2D eigenvalue weighted by Crippen LogP contribution is -1.99. The summed E-state index contributed by atoms with van der Waals surface area (Å²) < 4.78 is 0. The van der Waals surface area contributed by atoms with Crippen LogP contribution < -0.4 is 0 Å². The summed E-state index contributed by atoms with van der Waals surface area (Å²) >= 11 is 0. The molecule has 1 N–H and O–H groups in total. The van der Waals surface area contributed by atoms with Gasteiger partial charge in [0.25, 0.3) is 0 Å². The Balaban J connectivity index is 2.67. The van der Waals surface area contributed by atoms with E-state index in [1.54, 1.807) is 0 Å². The maximum absolute atomic E-state index is 10.2. The van der Waals surface area contributed by atoms with Crippen molar-refractivity contribution in [3.05, 3.63) is 35.4 Å². The first-order chi connectivity index (χ1) is 7.13. The van der Waals surface area contributed by atoms with E-state index in [4.69, 9.17) is 0 Å². The molecule has 0 bridgehead atoms. The van der Waals surface area contributed by atoms with Crippen molar-refractivity contribution < 1.29 is 9.90 Å². The molecule has 0 aliphatic heterocycles. The molecule has 0 radical (unpaired) electrons. The zero-order chi connectivity index (χ0) is 11.3. The van der Waals surface area contributed by atoms with Crippen LogP contribution in [-0.4, -0.2) is 11.4 Å². The van der Waals surface area contributed by atoms with Crippen LogP contribution in [0.15, 0.2) is 24.3 Å². The first kappa shape index (κ1) is 11.9. The Morgan fingerprint density at radius 1 is 1.27 bits per heavy atom. The number of aliphatic hydroxyl groups is 1. The number of aldehydes is 1. The molecule has 0 aliphatic rings. The Kier molecular flexibility index (Phi) is 4.50. The molecule has 0 aliphatic carbocycles. The normalized spacial score (nSPS) is 12.8. The van der Waals surface area contributed by atoms with Gasteiger partial charge in [-0.05, 0) is 23.5 Å². The molecule has 0 saturated carbocycles. The van der Waals surface area contributed by atoms with Crippen molar-refractivity contribution in [3.8, 4) is 0 Å². The topological polar surface area (TPSA) is 37.3 Å². The van der Waals surface area contributed by atoms with Crippen LogP contribution in [0.25, 0.3) is 0 Å². The highest BCUT2D eigenvalue weighted by Gasteiger charge is 2.06. The van der Waals surface area contributed by atoms with Crippen LogP contribution in [-0.2, 0) is 11.2 Å². The van der Waals surface area contributed by atoms with E-state index in [0.29, 0.717) is 5.92 Å². The Bertz CT molecular complexity index is 301. The van der Waals surface area contributed by atoms with Crippen molar-refractivity contribution in [2.75, 3.05) is 0 Å². The van der Waals surface area contributed by atoms with E-state index in [-0.39, 0.29) is 6.42 Å². The maximum atomic E-state index is 10.2. The van der Waals surface area contributed by atoms with Crippen LogP contribution in [0, 0.1) is 5.92 Å². The summed E-state index contributed by atoms with van der Waals surface area (Å²) in [5.74, 6) is 0.635. The van der Waals surface area contributed by atoms with Gasteiger partial charge in [0.2, 0.25) is 0 Å². The fourth-order valence-corrected chi connectivity index (χ4v) is 1.57. The molecule has 0 aromatic heterocycles. The average molecular weight is 206 g/mol. The van der Waals surface area contributed by atoms with E-state index in [2.05, 4.69) is 13.8 Å². The van der Waals surface area contributed by atoms with Crippen molar-refractivity contribution in [3.63, 3.8) is 0 Å². The summed E-state index contributed by atoms with van der Waals surface area (Å²) in [6.45, 7) is 4.35. The number of aliphatic hydroxyl groups excluding tert-OH is 1. The van der Waals surface area contributed by atoms with Gasteiger partial charge >= 0.3 is 0 Å². The first-order valence-corrected chi connectivity index (χ1v) is 5.34. The second-order valence-corrected chi connectivity index (χ2v) is 4.26. The van der Waals surface area contributed by atoms with Crippen molar-refractivity contribution in [2.24, 2.45) is 5.92 Å². The van der Waals surface area contributed by atoms with E-state index in [0.717, 1.165) is 18.3 Å². The van der Waals surface area contributed by atoms with Gasteiger partial charge < -0.3 is 9.90 Å². The molecule has 2 heteroatoms. The summed E-state index contributed by atoms with van der Waals surface area (Å²) in [5.41, 5.74) is 2.08. The van der Waals surface area contributed by atoms with Gasteiger partial charge in [0.05, 0.1) is 6.10 Å². The van der Waals surface area contributed by atoms with Crippen molar-refractivity contribution >= 4 is 6.29 Å². The zero-order valence-corrected chi connectivity index (χ0v) is 9.31. The summed E-state index contributed by atoms with van der Waals surface area (Å²) in [4.78, 5) is 10.2. The molecule has 15 heavy (non-hydrogen) atoms. The SMILES string of the molecule is CC(C)Cc1ccc(C(O)CC=O)cc1. The third kappa shape index (κ3) is 3.84. The van der Waals surface area contributed by atoms with E-state index in [1.165, 1.54) is 5.56 Å². The van der Waals surface area contributed by atoms with Crippen LogP contribution >= 0.6 is 0 Å². The quantitative estimate of drug-likeness (QED) is 0.751. The number of benzene rings is 1. The van der Waals surface area contributed by atoms with Crippen LogP contribution in [0.1, 0.15) is 37.5 Å². The van der Waals surface area contributed by atoms with E-state index in [1.807, 2.05) is 24.3 Å².